The summed E-state index contributed by atoms with van der Waals surface area (Å²) in [6, 6.07) is 5.09. The summed E-state index contributed by atoms with van der Waals surface area (Å²) in [6.45, 7) is 11.1. The van der Waals surface area contributed by atoms with E-state index in [0.29, 0.717) is 63.2 Å². The van der Waals surface area contributed by atoms with Gasteiger partial charge in [0.25, 0.3) is 11.8 Å². The maximum atomic E-state index is 14.2. The number of carboxylic acids is 1. The summed E-state index contributed by atoms with van der Waals surface area (Å²) in [5.41, 5.74) is -2.55. The lowest BCUT2D eigenvalue weighted by Gasteiger charge is -2.30. The zero-order valence-corrected chi connectivity index (χ0v) is 37.8. The molecule has 0 aliphatic rings. The van der Waals surface area contributed by atoms with Crippen molar-refractivity contribution in [3.05, 3.63) is 42.0 Å². The summed E-state index contributed by atoms with van der Waals surface area (Å²) in [6.07, 6.45) is 11.1. The summed E-state index contributed by atoms with van der Waals surface area (Å²) in [5, 5.41) is 24.6. The maximum Gasteiger partial charge on any atom is 0.337 e. The van der Waals surface area contributed by atoms with E-state index in [-0.39, 0.29) is 18.8 Å². The molecule has 0 aliphatic heterocycles. The maximum absolute atomic E-state index is 14.2. The molecular formula is C47H71N3O12. The molecule has 0 radical (unpaired) electrons. The number of aliphatic hydroxyl groups is 1. The molecule has 0 fully saturated rings. The molecule has 62 heavy (non-hydrogen) atoms. The number of carboxylic acid groups (broad SMARTS) is 1. The Morgan fingerprint density at radius 2 is 1.32 bits per heavy atom. The molecule has 3 N–H and O–H groups in total. The number of likely N-dealkylation sites (N-methyl/N-ethyl adjacent to an activating group) is 2. The van der Waals surface area contributed by atoms with Crippen molar-refractivity contribution in [3.8, 4) is 17.6 Å². The molecule has 15 nitrogen and oxygen atoms in total. The summed E-state index contributed by atoms with van der Waals surface area (Å²) in [4.78, 5) is 94.0. The molecule has 0 saturated carbocycles. The lowest BCUT2D eigenvalue weighted by Crippen LogP contribution is -2.56. The number of nitrogens with one attached hydrogen (secondary N) is 1. The Morgan fingerprint density at radius 1 is 0.774 bits per heavy atom. The number of allylic oxidation sites excluding steroid dienone is 1. The molecule has 1 rings (SSSR count). The monoisotopic (exact) mass is 870 g/mol. The van der Waals surface area contributed by atoms with E-state index >= 15 is 0 Å². The summed E-state index contributed by atoms with van der Waals surface area (Å²) < 4.78 is 16.0. The van der Waals surface area contributed by atoms with Crippen molar-refractivity contribution in [2.75, 3.05) is 46.0 Å². The van der Waals surface area contributed by atoms with Crippen LogP contribution >= 0.6 is 0 Å². The molecule has 0 heterocycles. The number of ether oxygens (including phenoxy) is 3. The number of amides is 3. The van der Waals surface area contributed by atoms with E-state index < -0.39 is 72.8 Å². The van der Waals surface area contributed by atoms with Gasteiger partial charge in [0.05, 0.1) is 12.3 Å². The fourth-order valence-corrected chi connectivity index (χ4v) is 6.59. The smallest absolute Gasteiger partial charge is 0.337 e. The highest BCUT2D eigenvalue weighted by Crippen LogP contribution is 2.27. The standard InChI is InChI=1S/C47H71N3O12/c1-7-13-15-18-21-24-37(51)25-22-19-16-17-20-23-26-39(47(59,46(57)58)33-43(54)61-34-41(52)49(9-3)10-4)44(55)48-40(45(56)62-35-42(53)50(11-5)12-6)32-36-27-29-38(30-28-36)60-31-14-8-2/h23,26-30,39-40,59H,7,9-13,15-22,24-25,31-35H2,1-6H3,(H,48,55)(H,57,58)/b26-23+/t39-,40+,47+/m1/s1. The van der Waals surface area contributed by atoms with Gasteiger partial charge >= 0.3 is 17.9 Å². The second kappa shape index (κ2) is 31.6. The van der Waals surface area contributed by atoms with Gasteiger partial charge in [0.1, 0.15) is 24.2 Å². The SMILES string of the molecule is CC#CCOc1ccc(C[C@H](NC(=O)[C@@H](/C=C/CCCCCCC(=O)CCCCCCC)[C@@](O)(CC(=O)OCC(=O)N(CC)CC)C(=O)O)C(=O)OCC(=O)N(CC)CC)cc1. The third-order valence-electron chi connectivity index (χ3n) is 10.4. The topological polar surface area (TPSA) is 206 Å². The first-order valence-corrected chi connectivity index (χ1v) is 22.1. The molecule has 0 spiro atoms. The van der Waals surface area contributed by atoms with E-state index in [1.165, 1.54) is 28.4 Å². The Morgan fingerprint density at radius 3 is 1.85 bits per heavy atom. The van der Waals surface area contributed by atoms with E-state index in [4.69, 9.17) is 14.2 Å². The van der Waals surface area contributed by atoms with Crippen molar-refractivity contribution in [3.63, 3.8) is 0 Å². The van der Waals surface area contributed by atoms with Crippen LogP contribution in [0.4, 0.5) is 0 Å². The highest BCUT2D eigenvalue weighted by atomic mass is 16.5. The van der Waals surface area contributed by atoms with Gasteiger partial charge < -0.3 is 39.5 Å². The number of ketones is 1. The van der Waals surface area contributed by atoms with Gasteiger partial charge in [0.15, 0.2) is 18.8 Å². The molecule has 0 unspecified atom stereocenters. The van der Waals surface area contributed by atoms with Crippen molar-refractivity contribution >= 4 is 41.4 Å². The second-order valence-corrected chi connectivity index (χ2v) is 15.0. The third kappa shape index (κ3) is 21.0. The van der Waals surface area contributed by atoms with E-state index in [0.717, 1.165) is 44.9 Å². The molecular weight excluding hydrogens is 799 g/mol. The molecule has 3 atom stereocenters. The summed E-state index contributed by atoms with van der Waals surface area (Å²) in [7, 11) is 0. The number of Topliss-reactive ketones (excluding diaryl/α,β-unsaturated/α-hetero) is 1. The number of carbonyl (C=O) groups is 7. The van der Waals surface area contributed by atoms with Crippen LogP contribution in [0.15, 0.2) is 36.4 Å². The fraction of sp³-hybridized carbons (Fsp3) is 0.638. The average molecular weight is 870 g/mol. The Bertz CT molecular complexity index is 1640. The number of carbonyl (C=O) groups excluding carboxylic acids is 6. The highest BCUT2D eigenvalue weighted by molar-refractivity contribution is 5.95. The average Bonchev–Trinajstić information content (AvgIpc) is 3.25. The lowest BCUT2D eigenvalue weighted by atomic mass is 9.82. The largest absolute Gasteiger partial charge is 0.481 e. The molecule has 0 aliphatic carbocycles. The van der Waals surface area contributed by atoms with Crippen LogP contribution in [0.2, 0.25) is 0 Å². The van der Waals surface area contributed by atoms with Crippen molar-refractivity contribution in [1.82, 2.24) is 15.1 Å². The Labute approximate surface area is 368 Å². The van der Waals surface area contributed by atoms with Crippen molar-refractivity contribution in [2.24, 2.45) is 5.92 Å². The first kappa shape index (κ1) is 54.8. The van der Waals surface area contributed by atoms with Gasteiger partial charge in [-0.1, -0.05) is 75.7 Å². The normalized spacial score (nSPS) is 12.8. The number of nitrogens with zero attached hydrogens (tertiary/aromatic N) is 2. The Hall–Kier alpha value is -5.23. The number of hydrogen-bond acceptors (Lipinski definition) is 11. The minimum Gasteiger partial charge on any atom is -0.481 e. The number of benzene rings is 1. The third-order valence-corrected chi connectivity index (χ3v) is 10.4. The van der Waals surface area contributed by atoms with Crippen LogP contribution in [0.1, 0.15) is 131 Å². The lowest BCUT2D eigenvalue weighted by molar-refractivity contribution is -0.175. The molecule has 1 aromatic carbocycles. The zero-order valence-electron chi connectivity index (χ0n) is 37.8. The molecule has 15 heteroatoms. The van der Waals surface area contributed by atoms with Crippen LogP contribution in [0.5, 0.6) is 5.75 Å². The summed E-state index contributed by atoms with van der Waals surface area (Å²) in [5.74, 6) is -1.95. The van der Waals surface area contributed by atoms with Crippen LogP contribution in [0, 0.1) is 17.8 Å². The molecule has 0 bridgehead atoms. The van der Waals surface area contributed by atoms with Gasteiger partial charge in [-0.3, -0.25) is 24.0 Å². The van der Waals surface area contributed by atoms with Gasteiger partial charge in [-0.15, -0.1) is 5.92 Å². The van der Waals surface area contributed by atoms with Crippen LogP contribution in [0.25, 0.3) is 0 Å². The number of aliphatic carboxylic acids is 1. The first-order valence-electron chi connectivity index (χ1n) is 22.1. The van der Waals surface area contributed by atoms with Gasteiger partial charge in [0.2, 0.25) is 5.91 Å². The van der Waals surface area contributed by atoms with Crippen molar-refractivity contribution < 1.29 is 58.0 Å². The molecule has 0 saturated heterocycles. The fourth-order valence-electron chi connectivity index (χ4n) is 6.59. The minimum absolute atomic E-state index is 0.156. The van der Waals surface area contributed by atoms with Crippen LogP contribution in [0.3, 0.4) is 0 Å². The van der Waals surface area contributed by atoms with Gasteiger partial charge in [0, 0.05) is 45.4 Å². The van der Waals surface area contributed by atoms with Crippen LogP contribution < -0.4 is 10.1 Å². The second-order valence-electron chi connectivity index (χ2n) is 15.0. The first-order chi connectivity index (χ1) is 29.7. The number of hydrogen-bond donors (Lipinski definition) is 3. The molecule has 1 aromatic rings. The quantitative estimate of drug-likeness (QED) is 0.0342. The van der Waals surface area contributed by atoms with Crippen molar-refractivity contribution in [2.45, 2.75) is 143 Å². The van der Waals surface area contributed by atoms with E-state index in [2.05, 4.69) is 24.1 Å². The van der Waals surface area contributed by atoms with Crippen molar-refractivity contribution in [1.29, 1.82) is 0 Å². The summed E-state index contributed by atoms with van der Waals surface area (Å²) >= 11 is 0. The molecule has 0 aromatic heterocycles. The molecule has 346 valence electrons. The van der Waals surface area contributed by atoms with Gasteiger partial charge in [-0.25, -0.2) is 9.59 Å². The van der Waals surface area contributed by atoms with Crippen LogP contribution in [-0.4, -0.2) is 119 Å². The van der Waals surface area contributed by atoms with E-state index in [9.17, 15) is 43.8 Å². The number of unbranched alkanes of at least 4 members (excludes halogenated alkanes) is 8. The predicted octanol–water partition coefficient (Wildman–Crippen LogP) is 5.59. The minimum atomic E-state index is -3.08. The zero-order chi connectivity index (χ0) is 46.3. The predicted molar refractivity (Wildman–Crippen MR) is 235 cm³/mol. The highest BCUT2D eigenvalue weighted by Gasteiger charge is 2.49. The van der Waals surface area contributed by atoms with Crippen LogP contribution in [-0.2, 0) is 49.5 Å². The Balaban J connectivity index is 3.36. The Kier molecular flexibility index (Phi) is 27.9. The van der Waals surface area contributed by atoms with Gasteiger partial charge in [-0.05, 0) is 78.0 Å². The number of rotatable bonds is 33. The van der Waals surface area contributed by atoms with Gasteiger partial charge in [-0.2, -0.15) is 0 Å². The van der Waals surface area contributed by atoms with E-state index in [1.54, 1.807) is 58.9 Å². The molecule has 3 amide bonds. The number of esters is 2. The van der Waals surface area contributed by atoms with E-state index in [1.807, 2.05) is 0 Å².